The van der Waals surface area contributed by atoms with Gasteiger partial charge < -0.3 is 0 Å². The third kappa shape index (κ3) is 79.7. The molecular weight excluding hydrogens is 1770 g/mol. The molecule has 0 aliphatic heterocycles. The maximum absolute atomic E-state index is 12.1. The Hall–Kier alpha value is -0.450. The van der Waals surface area contributed by atoms with Gasteiger partial charge in [-0.3, -0.25) is 0 Å². The summed E-state index contributed by atoms with van der Waals surface area (Å²) in [5.74, 6) is -12.1. The summed E-state index contributed by atoms with van der Waals surface area (Å²) in [5.41, 5.74) is -19.0. The zero-order chi connectivity index (χ0) is 129. The van der Waals surface area contributed by atoms with E-state index in [1.54, 1.807) is 208 Å². The van der Waals surface area contributed by atoms with Crippen LogP contribution in [0.4, 0.5) is 0 Å². The largest absolute Gasteiger partial charge is 0.229 e. The van der Waals surface area contributed by atoms with Crippen molar-refractivity contribution in [2.45, 2.75) is 374 Å². The van der Waals surface area contributed by atoms with Gasteiger partial charge in [0.2, 0.25) is 0 Å². The van der Waals surface area contributed by atoms with E-state index in [0.717, 1.165) is 0 Å². The van der Waals surface area contributed by atoms with E-state index in [1.165, 1.54) is 12.5 Å². The molecule has 0 aliphatic carbocycles. The Balaban J connectivity index is -0.000000218. The first-order valence-corrected chi connectivity index (χ1v) is 58.1. The van der Waals surface area contributed by atoms with Crippen molar-refractivity contribution in [2.75, 3.05) is 108 Å². The zero-order valence-corrected chi connectivity index (χ0v) is 97.9. The second-order valence-electron chi connectivity index (χ2n) is 52.4. The Labute approximate surface area is 828 Å². The first-order valence-electron chi connectivity index (χ1n) is 56.9. The normalized spacial score (nSPS) is 19.5. The number of hydrogen-bond acceptors (Lipinski definition) is 18. The molecule has 18 nitrogen and oxygen atoms in total. The zero-order valence-electron chi connectivity index (χ0n) is 118. The molecule has 126 heavy (non-hydrogen) atoms. The second-order valence-corrected chi connectivity index (χ2v) is 67.1. The van der Waals surface area contributed by atoms with Crippen molar-refractivity contribution in [3.63, 3.8) is 0 Å². The quantitative estimate of drug-likeness (QED) is 0.123. The van der Waals surface area contributed by atoms with Crippen LogP contribution in [-0.4, -0.2) is 183 Å². The molecule has 2 atom stereocenters. The van der Waals surface area contributed by atoms with E-state index in [-0.39, 0.29) is 38.9 Å². The van der Waals surface area contributed by atoms with E-state index in [9.17, 15) is 75.8 Å². The molecule has 774 valence electrons. The average molecular weight is 2010 g/mol. The molecule has 0 aromatic carbocycles. The van der Waals surface area contributed by atoms with Crippen LogP contribution in [-0.2, 0) is 88.5 Å². The monoisotopic (exact) mass is 2010 g/mol. The molecule has 0 rings (SSSR count). The van der Waals surface area contributed by atoms with Crippen molar-refractivity contribution in [1.29, 1.82) is 0 Å². The van der Waals surface area contributed by atoms with Crippen molar-refractivity contribution in [1.82, 2.24) is 0 Å². The number of rotatable bonds is 18. The molecule has 0 fully saturated rings. The summed E-state index contributed by atoms with van der Waals surface area (Å²) in [6, 6.07) is 0. The maximum Gasteiger partial charge on any atom is 0.147 e. The summed E-state index contributed by atoms with van der Waals surface area (Å²) >= 11 is 0. The minimum atomic E-state index is -4.91. The summed E-state index contributed by atoms with van der Waals surface area (Å²) in [6.45, 7) is 97.8. The maximum atomic E-state index is 12.1. The Bertz CT molecular complexity index is 5210. The summed E-state index contributed by atoms with van der Waals surface area (Å²) < 4.78 is 418. The van der Waals surface area contributed by atoms with Crippen LogP contribution in [0.1, 0.15) is 411 Å². The molecule has 0 amide bonds. The van der Waals surface area contributed by atoms with Crippen LogP contribution < -0.4 is 0 Å². The molecule has 27 heteroatoms. The lowest BCUT2D eigenvalue weighted by Gasteiger charge is -2.40. The number of hydrogen-bond donors (Lipinski definition) is 0. The predicted octanol–water partition coefficient (Wildman–Crippen LogP) is 24.7. The van der Waals surface area contributed by atoms with E-state index in [4.69, 9.17) is 37.0 Å². The van der Waals surface area contributed by atoms with Crippen LogP contribution in [0.15, 0.2) is 0 Å². The third-order valence-electron chi connectivity index (χ3n) is 18.7. The molecule has 0 aromatic rings. The van der Waals surface area contributed by atoms with Crippen LogP contribution in [0, 0.1) is 151 Å². The molecule has 0 radical (unpaired) electrons. The second kappa shape index (κ2) is 48.7. The topological polar surface area (TPSA) is 307 Å². The molecule has 0 bridgehead atoms. The molecule has 0 aliphatic rings. The van der Waals surface area contributed by atoms with Crippen molar-refractivity contribution in [3.8, 4) is 0 Å². The first kappa shape index (κ1) is 94.5. The van der Waals surface area contributed by atoms with Gasteiger partial charge in [0.05, 0.1) is 51.6 Å². The molecule has 0 aromatic heterocycles. The van der Waals surface area contributed by atoms with Gasteiger partial charge >= 0.3 is 0 Å². The smallest absolute Gasteiger partial charge is 0.147 e. The van der Waals surface area contributed by atoms with Gasteiger partial charge in [0.15, 0.2) is 0 Å². The summed E-state index contributed by atoms with van der Waals surface area (Å²) in [7, 11) is -35.5. The van der Waals surface area contributed by atoms with Crippen LogP contribution in [0.5, 0.6) is 0 Å². The van der Waals surface area contributed by atoms with Gasteiger partial charge in [-0.25, -0.2) is 75.8 Å². The van der Waals surface area contributed by atoms with E-state index >= 15 is 0 Å². The van der Waals surface area contributed by atoms with Gasteiger partial charge in [0, 0.05) is 93.0 Å². The molecular formula is C99H216O18S9. The van der Waals surface area contributed by atoms with Crippen LogP contribution in [0.25, 0.3) is 0 Å². The molecule has 0 spiro atoms. The Kier molecular flexibility index (Phi) is 36.5. The van der Waals surface area contributed by atoms with Crippen molar-refractivity contribution in [3.05, 3.63) is 0 Å². The van der Waals surface area contributed by atoms with E-state index in [1.807, 2.05) is 166 Å². The van der Waals surface area contributed by atoms with Crippen molar-refractivity contribution >= 4 is 88.5 Å². The van der Waals surface area contributed by atoms with Gasteiger partial charge in [0.1, 0.15) is 88.5 Å². The third-order valence-corrected chi connectivity index (χ3v) is 24.7. The van der Waals surface area contributed by atoms with Crippen molar-refractivity contribution in [2.24, 2.45) is 151 Å². The van der Waals surface area contributed by atoms with Gasteiger partial charge in [-0.05, 0) is 151 Å². The van der Waals surface area contributed by atoms with E-state index in [2.05, 4.69) is 0 Å². The lowest BCUT2D eigenvalue weighted by molar-refractivity contribution is 0.123. The Morgan fingerprint density at radius 1 is 0.183 bits per heavy atom. The lowest BCUT2D eigenvalue weighted by atomic mass is 9.68. The lowest BCUT2D eigenvalue weighted by Crippen LogP contribution is -2.37. The van der Waals surface area contributed by atoms with Gasteiger partial charge in [-0.15, -0.1) is 0 Å². The fourth-order valence-corrected chi connectivity index (χ4v) is 26.6. The average Bonchev–Trinajstić information content (AvgIpc) is 0.726. The SMILES string of the molecule is [2H]C(CS(=O)(=O)C([2H])([2H])[2H])(C(C)(C)C)C(C)(C)C.[2H]C(CS(C)(=O)=O)(C(C)(C)C)C(C)(C)C.[2H]C(CS(C)(=O)=O)(C(C)(C)C)C(C)(C)C.[2H]C([2H])([2H])S(=O)(=O)C([2H])([2H])C(C(C)(C)C)C(C)(C)C.[2H]C([2H])S(=O)(=O)C([2H])([2H])C(C(C)(C)C)C(C)(C)C.[2H]C([2H])S(=O)(=O)C([2H])C([2H])(C(C)(C)C)C(C)(C)C.[2H]C([2H])S(=O)(=O)CC([2H])(C(C)(C)C)C(C)(C)C.[2H]CS(=O)(=O)C([2H])C([2H])(C(C)(C)C)C(C)(C)C.[2H]CS(=O)(=O)CC([2H])(C(C)(C)C)C(C)(C)C. The molecule has 0 saturated heterocycles. The Morgan fingerprint density at radius 2 is 0.333 bits per heavy atom. The fraction of sp³-hybridized carbons (Fsp3) is 1.00. The number of sulfone groups is 9. The van der Waals surface area contributed by atoms with Gasteiger partial charge in [-0.1, -0.05) is 374 Å². The first-order chi connectivity index (χ1) is 64.0. The summed E-state index contributed by atoms with van der Waals surface area (Å²) in [6.07, 6.45) is -11.7. The van der Waals surface area contributed by atoms with Gasteiger partial charge in [-0.2, -0.15) is 0 Å². The molecule has 2 unspecified atom stereocenters. The fourth-order valence-electron chi connectivity index (χ4n) is 15.9. The van der Waals surface area contributed by atoms with E-state index in [0.29, 0.717) is 0 Å². The van der Waals surface area contributed by atoms with Gasteiger partial charge in [0.25, 0.3) is 0 Å². The highest BCUT2D eigenvalue weighted by Crippen LogP contribution is 2.48. The van der Waals surface area contributed by atoms with Crippen molar-refractivity contribution < 1.29 is 113 Å². The minimum Gasteiger partial charge on any atom is -0.229 e. The highest BCUT2D eigenvalue weighted by Gasteiger charge is 2.45. The van der Waals surface area contributed by atoms with E-state index < -0.39 is 295 Å². The molecule has 0 N–H and O–H groups in total. The predicted molar refractivity (Wildman–Crippen MR) is 559 cm³/mol. The molecule has 0 saturated carbocycles. The highest BCUT2D eigenvalue weighted by atomic mass is 32.2. The van der Waals surface area contributed by atoms with Crippen LogP contribution >= 0.6 is 0 Å². The van der Waals surface area contributed by atoms with Crippen LogP contribution in [0.2, 0.25) is 0 Å². The van der Waals surface area contributed by atoms with Crippen LogP contribution in [0.3, 0.4) is 0 Å². The standard InChI is InChI=1S/9C11H24O2S/c9*1-10(2,3)9(11(4,5)6)8-14(7,12)13/h9*9H,8H2,1-7H3/i7D2,8D,9D;7D,8D,9D;7D3,9D;7D2,9D;7D,9D;7D3,8D2;7D2,8D2;2*9D. The summed E-state index contributed by atoms with van der Waals surface area (Å²) in [4.78, 5) is 0. The minimum absolute atomic E-state index is 0.0903. The highest BCUT2D eigenvalue weighted by molar-refractivity contribution is 7.92. The molecule has 0 heterocycles. The summed E-state index contributed by atoms with van der Waals surface area (Å²) in [5, 5.41) is 0. The Morgan fingerprint density at radius 3 is 0.468 bits per heavy atom.